The molecule has 1 fully saturated rings. The molecule has 0 amide bonds. The van der Waals surface area contributed by atoms with Gasteiger partial charge in [-0.3, -0.25) is 10.1 Å². The van der Waals surface area contributed by atoms with Crippen LogP contribution in [0.4, 0.5) is 11.5 Å². The van der Waals surface area contributed by atoms with Gasteiger partial charge in [0.15, 0.2) is 0 Å². The molecule has 1 aliphatic heterocycles. The van der Waals surface area contributed by atoms with Gasteiger partial charge >= 0.3 is 5.97 Å². The second-order valence-corrected chi connectivity index (χ2v) is 6.39. The lowest BCUT2D eigenvalue weighted by Gasteiger charge is -2.32. The monoisotopic (exact) mass is 371 g/mol. The molecule has 0 bridgehead atoms. The van der Waals surface area contributed by atoms with Crippen LogP contribution in [-0.2, 0) is 4.74 Å². The molecular formula is C19H21N3O5. The van der Waals surface area contributed by atoms with Crippen molar-refractivity contribution in [3.8, 4) is 5.75 Å². The minimum Gasteiger partial charge on any atom is -0.493 e. The van der Waals surface area contributed by atoms with Crippen molar-refractivity contribution in [3.05, 3.63) is 58.3 Å². The summed E-state index contributed by atoms with van der Waals surface area (Å²) in [6, 6.07) is 10.1. The predicted molar refractivity (Wildman–Crippen MR) is 99.1 cm³/mol. The molecule has 1 aromatic carbocycles. The average molecular weight is 371 g/mol. The highest BCUT2D eigenvalue weighted by molar-refractivity contribution is 5.89. The molecule has 0 atom stereocenters. The maximum absolute atomic E-state index is 11.6. The molecule has 8 heteroatoms. The second-order valence-electron chi connectivity index (χ2n) is 6.39. The van der Waals surface area contributed by atoms with Crippen LogP contribution < -0.4 is 9.64 Å². The Morgan fingerprint density at radius 2 is 2.07 bits per heavy atom. The average Bonchev–Trinajstić information content (AvgIpc) is 2.72. The molecule has 0 radical (unpaired) electrons. The quantitative estimate of drug-likeness (QED) is 0.437. The Balaban J connectivity index is 1.50. The Bertz CT molecular complexity index is 801. The second kappa shape index (κ2) is 8.48. The fraction of sp³-hybridized carbons (Fsp3) is 0.368. The molecule has 0 saturated carbocycles. The Hall–Kier alpha value is -3.16. The summed E-state index contributed by atoms with van der Waals surface area (Å²) < 4.78 is 10.6. The zero-order valence-corrected chi connectivity index (χ0v) is 15.0. The van der Waals surface area contributed by atoms with E-state index in [-0.39, 0.29) is 11.7 Å². The van der Waals surface area contributed by atoms with Crippen molar-refractivity contribution in [2.45, 2.75) is 12.8 Å². The fourth-order valence-corrected chi connectivity index (χ4v) is 3.05. The summed E-state index contributed by atoms with van der Waals surface area (Å²) in [6.07, 6.45) is 3.17. The summed E-state index contributed by atoms with van der Waals surface area (Å²) in [5.74, 6) is 1.42. The molecule has 3 rings (SSSR count). The number of pyridine rings is 1. The Morgan fingerprint density at radius 3 is 2.70 bits per heavy atom. The van der Waals surface area contributed by atoms with E-state index in [1.165, 1.54) is 19.4 Å². The predicted octanol–water partition coefficient (Wildman–Crippen LogP) is 3.07. The van der Waals surface area contributed by atoms with Crippen LogP contribution in [0.25, 0.3) is 0 Å². The topological polar surface area (TPSA) is 94.8 Å². The molecule has 1 aliphatic rings. The van der Waals surface area contributed by atoms with Gasteiger partial charge in [-0.15, -0.1) is 0 Å². The normalized spacial score (nSPS) is 14.6. The third-order valence-corrected chi connectivity index (χ3v) is 4.62. The minimum atomic E-state index is -0.449. The van der Waals surface area contributed by atoms with Gasteiger partial charge in [0.25, 0.3) is 5.69 Å². The molecule has 1 saturated heterocycles. The van der Waals surface area contributed by atoms with Gasteiger partial charge in [0.2, 0.25) is 0 Å². The molecule has 0 unspecified atom stereocenters. The van der Waals surface area contributed by atoms with Gasteiger partial charge in [-0.1, -0.05) is 6.07 Å². The third kappa shape index (κ3) is 4.72. The van der Waals surface area contributed by atoms with Gasteiger partial charge in [0.05, 0.1) is 24.2 Å². The molecule has 1 aromatic heterocycles. The molecule has 142 valence electrons. The summed E-state index contributed by atoms with van der Waals surface area (Å²) in [5.41, 5.74) is 0.463. The SMILES string of the molecule is COC(=O)c1cccc(OCC2CCN(c3ccc([N+](=O)[O-])cn3)CC2)c1. The Kier molecular flexibility index (Phi) is 5.85. The van der Waals surface area contributed by atoms with E-state index in [1.54, 1.807) is 24.3 Å². The number of hydrogen-bond donors (Lipinski definition) is 0. The van der Waals surface area contributed by atoms with Gasteiger partial charge in [-0.05, 0) is 43.0 Å². The number of carbonyl (C=O) groups is 1. The zero-order chi connectivity index (χ0) is 19.2. The molecule has 2 aromatic rings. The van der Waals surface area contributed by atoms with E-state index in [9.17, 15) is 14.9 Å². The van der Waals surface area contributed by atoms with E-state index in [2.05, 4.69) is 9.88 Å². The number of nitro groups is 1. The van der Waals surface area contributed by atoms with Crippen molar-refractivity contribution in [2.75, 3.05) is 31.7 Å². The molecule has 0 N–H and O–H groups in total. The van der Waals surface area contributed by atoms with Crippen LogP contribution in [0.3, 0.4) is 0 Å². The van der Waals surface area contributed by atoms with Gasteiger partial charge in [0.1, 0.15) is 17.8 Å². The standard InChI is InChI=1S/C19H21N3O5/c1-26-19(23)15-3-2-4-17(11-15)27-13-14-7-9-21(10-8-14)18-6-5-16(12-20-18)22(24)25/h2-6,11-12,14H,7-10,13H2,1H3. The fourth-order valence-electron chi connectivity index (χ4n) is 3.05. The van der Waals surface area contributed by atoms with Crippen molar-refractivity contribution in [2.24, 2.45) is 5.92 Å². The van der Waals surface area contributed by atoms with Gasteiger partial charge < -0.3 is 14.4 Å². The molecule has 27 heavy (non-hydrogen) atoms. The van der Waals surface area contributed by atoms with Gasteiger partial charge in [0, 0.05) is 19.2 Å². The van der Waals surface area contributed by atoms with Crippen LogP contribution in [-0.4, -0.2) is 42.7 Å². The Morgan fingerprint density at radius 1 is 1.30 bits per heavy atom. The Labute approximate surface area is 156 Å². The lowest BCUT2D eigenvalue weighted by molar-refractivity contribution is -0.385. The lowest BCUT2D eigenvalue weighted by atomic mass is 9.98. The minimum absolute atomic E-state index is 0.00350. The van der Waals surface area contributed by atoms with Crippen LogP contribution >= 0.6 is 0 Å². The first-order valence-corrected chi connectivity index (χ1v) is 8.73. The summed E-state index contributed by atoms with van der Waals surface area (Å²) in [7, 11) is 1.35. The first-order valence-electron chi connectivity index (χ1n) is 8.73. The highest BCUT2D eigenvalue weighted by Gasteiger charge is 2.21. The van der Waals surface area contributed by atoms with Crippen LogP contribution in [0.1, 0.15) is 23.2 Å². The first-order chi connectivity index (χ1) is 13.1. The van der Waals surface area contributed by atoms with Gasteiger partial charge in [-0.25, -0.2) is 9.78 Å². The molecule has 0 aliphatic carbocycles. The number of ether oxygens (including phenoxy) is 2. The molecule has 8 nitrogen and oxygen atoms in total. The van der Waals surface area contributed by atoms with Crippen LogP contribution in [0.15, 0.2) is 42.6 Å². The van der Waals surface area contributed by atoms with Crippen molar-refractivity contribution >= 4 is 17.5 Å². The van der Waals surface area contributed by atoms with Crippen LogP contribution in [0, 0.1) is 16.0 Å². The van der Waals surface area contributed by atoms with Crippen LogP contribution in [0.2, 0.25) is 0 Å². The number of aromatic nitrogens is 1. The number of anilines is 1. The number of carbonyl (C=O) groups excluding carboxylic acids is 1. The van der Waals surface area contributed by atoms with E-state index >= 15 is 0 Å². The van der Waals surface area contributed by atoms with Gasteiger partial charge in [-0.2, -0.15) is 0 Å². The van der Waals surface area contributed by atoms with E-state index in [4.69, 9.17) is 9.47 Å². The third-order valence-electron chi connectivity index (χ3n) is 4.62. The first kappa shape index (κ1) is 18.6. The largest absolute Gasteiger partial charge is 0.493 e. The summed E-state index contributed by atoms with van der Waals surface area (Å²) in [4.78, 5) is 28.1. The van der Waals surface area contributed by atoms with Crippen molar-refractivity contribution in [1.82, 2.24) is 4.98 Å². The number of methoxy groups -OCH3 is 1. The van der Waals surface area contributed by atoms with Crippen molar-refractivity contribution < 1.29 is 19.2 Å². The number of esters is 1. The molecule has 2 heterocycles. The number of benzene rings is 1. The van der Waals surface area contributed by atoms with E-state index in [0.717, 1.165) is 31.7 Å². The summed E-state index contributed by atoms with van der Waals surface area (Å²) in [6.45, 7) is 2.22. The van der Waals surface area contributed by atoms with Crippen molar-refractivity contribution in [3.63, 3.8) is 0 Å². The van der Waals surface area contributed by atoms with E-state index in [1.807, 2.05) is 6.07 Å². The lowest BCUT2D eigenvalue weighted by Crippen LogP contribution is -2.36. The highest BCUT2D eigenvalue weighted by Crippen LogP contribution is 2.24. The molecular weight excluding hydrogens is 350 g/mol. The summed E-state index contributed by atoms with van der Waals surface area (Å²) >= 11 is 0. The zero-order valence-electron chi connectivity index (χ0n) is 15.0. The van der Waals surface area contributed by atoms with E-state index < -0.39 is 4.92 Å². The highest BCUT2D eigenvalue weighted by atomic mass is 16.6. The van der Waals surface area contributed by atoms with Crippen LogP contribution in [0.5, 0.6) is 5.75 Å². The maximum atomic E-state index is 11.6. The number of piperidine rings is 1. The molecule has 0 spiro atoms. The van der Waals surface area contributed by atoms with Crippen molar-refractivity contribution in [1.29, 1.82) is 0 Å². The maximum Gasteiger partial charge on any atom is 0.337 e. The van der Waals surface area contributed by atoms with E-state index in [0.29, 0.717) is 23.8 Å². The number of nitrogens with zero attached hydrogens (tertiary/aromatic N) is 3. The number of rotatable bonds is 6. The number of hydrogen-bond acceptors (Lipinski definition) is 7. The summed E-state index contributed by atoms with van der Waals surface area (Å²) in [5, 5.41) is 10.7. The smallest absolute Gasteiger partial charge is 0.337 e.